The van der Waals surface area contributed by atoms with Gasteiger partial charge in [-0.1, -0.05) is 18.2 Å². The maximum Gasteiger partial charge on any atom is 0.426 e. The van der Waals surface area contributed by atoms with Crippen molar-refractivity contribution >= 4 is 22.7 Å². The van der Waals surface area contributed by atoms with Crippen molar-refractivity contribution in [2.24, 2.45) is 5.84 Å². The van der Waals surface area contributed by atoms with Crippen molar-refractivity contribution in [3.05, 3.63) is 36.0 Å². The van der Waals surface area contributed by atoms with Crippen LogP contribution in [0.25, 0.3) is 10.9 Å². The SMILES string of the molecule is Cc1nc2ccccc2cc1N(N)C(=O)O. The molecule has 0 aliphatic rings. The number of benzene rings is 1. The molecule has 0 spiro atoms. The maximum absolute atomic E-state index is 10.8. The van der Waals surface area contributed by atoms with E-state index in [0.717, 1.165) is 10.9 Å². The first-order valence-corrected chi connectivity index (χ1v) is 4.74. The zero-order chi connectivity index (χ0) is 11.7. The Balaban J connectivity index is 2.62. The molecule has 0 aliphatic heterocycles. The highest BCUT2D eigenvalue weighted by Crippen LogP contribution is 2.22. The Morgan fingerprint density at radius 2 is 2.12 bits per heavy atom. The molecule has 0 fully saturated rings. The summed E-state index contributed by atoms with van der Waals surface area (Å²) in [6, 6.07) is 9.19. The smallest absolute Gasteiger partial charge is 0.426 e. The number of anilines is 1. The van der Waals surface area contributed by atoms with E-state index < -0.39 is 6.09 Å². The number of para-hydroxylation sites is 1. The lowest BCUT2D eigenvalue weighted by Crippen LogP contribution is -2.36. The summed E-state index contributed by atoms with van der Waals surface area (Å²) in [5.41, 5.74) is 1.80. The summed E-state index contributed by atoms with van der Waals surface area (Å²) in [4.78, 5) is 15.1. The summed E-state index contributed by atoms with van der Waals surface area (Å²) in [6.45, 7) is 1.73. The number of nitrogens with two attached hydrogens (primary N) is 1. The minimum Gasteiger partial charge on any atom is -0.464 e. The second-order valence-corrected chi connectivity index (χ2v) is 3.44. The fourth-order valence-corrected chi connectivity index (χ4v) is 1.55. The summed E-state index contributed by atoms with van der Waals surface area (Å²) in [5.74, 6) is 5.42. The lowest BCUT2D eigenvalue weighted by Gasteiger charge is -2.15. The fourth-order valence-electron chi connectivity index (χ4n) is 1.55. The highest BCUT2D eigenvalue weighted by atomic mass is 16.4. The molecule has 16 heavy (non-hydrogen) atoms. The van der Waals surface area contributed by atoms with Crippen molar-refractivity contribution in [1.29, 1.82) is 0 Å². The van der Waals surface area contributed by atoms with Crippen LogP contribution in [0.5, 0.6) is 0 Å². The third-order valence-corrected chi connectivity index (χ3v) is 2.35. The van der Waals surface area contributed by atoms with Crippen LogP contribution in [0.3, 0.4) is 0 Å². The van der Waals surface area contributed by atoms with Gasteiger partial charge < -0.3 is 5.11 Å². The molecule has 2 rings (SSSR count). The number of aromatic nitrogens is 1. The Labute approximate surface area is 92.1 Å². The molecule has 0 unspecified atom stereocenters. The highest BCUT2D eigenvalue weighted by Gasteiger charge is 2.13. The van der Waals surface area contributed by atoms with Crippen molar-refractivity contribution < 1.29 is 9.90 Å². The molecule has 5 nitrogen and oxygen atoms in total. The van der Waals surface area contributed by atoms with Crippen LogP contribution in [0.2, 0.25) is 0 Å². The predicted octanol–water partition coefficient (Wildman–Crippen LogP) is 1.90. The summed E-state index contributed by atoms with van der Waals surface area (Å²) < 4.78 is 0. The number of carboxylic acid groups (broad SMARTS) is 1. The van der Waals surface area contributed by atoms with Gasteiger partial charge >= 0.3 is 6.09 Å². The van der Waals surface area contributed by atoms with Crippen LogP contribution in [0.4, 0.5) is 10.5 Å². The van der Waals surface area contributed by atoms with Crippen molar-refractivity contribution in [3.8, 4) is 0 Å². The average Bonchev–Trinajstić information content (AvgIpc) is 2.27. The van der Waals surface area contributed by atoms with Gasteiger partial charge in [0, 0.05) is 5.39 Å². The average molecular weight is 217 g/mol. The van der Waals surface area contributed by atoms with Crippen LogP contribution in [0.1, 0.15) is 5.69 Å². The Morgan fingerprint density at radius 1 is 1.44 bits per heavy atom. The minimum absolute atomic E-state index is 0.395. The molecule has 3 N–H and O–H groups in total. The second kappa shape index (κ2) is 3.79. The van der Waals surface area contributed by atoms with Gasteiger partial charge in [0.05, 0.1) is 16.9 Å². The number of fused-ring (bicyclic) bond motifs is 1. The van der Waals surface area contributed by atoms with Gasteiger partial charge in [-0.3, -0.25) is 4.98 Å². The van der Waals surface area contributed by atoms with Gasteiger partial charge in [-0.15, -0.1) is 0 Å². The van der Waals surface area contributed by atoms with E-state index in [9.17, 15) is 4.79 Å². The molecule has 2 aromatic rings. The molecule has 0 aliphatic carbocycles. The van der Waals surface area contributed by atoms with Gasteiger partial charge in [0.1, 0.15) is 0 Å². The van der Waals surface area contributed by atoms with E-state index in [-0.39, 0.29) is 0 Å². The van der Waals surface area contributed by atoms with Crippen molar-refractivity contribution in [3.63, 3.8) is 0 Å². The zero-order valence-electron chi connectivity index (χ0n) is 8.71. The summed E-state index contributed by atoms with van der Waals surface area (Å²) in [7, 11) is 0. The van der Waals surface area contributed by atoms with Gasteiger partial charge in [0.15, 0.2) is 0 Å². The van der Waals surface area contributed by atoms with Crippen LogP contribution in [-0.2, 0) is 0 Å². The normalized spacial score (nSPS) is 10.4. The third kappa shape index (κ3) is 1.68. The number of pyridine rings is 1. The largest absolute Gasteiger partial charge is 0.464 e. The molecule has 0 bridgehead atoms. The van der Waals surface area contributed by atoms with E-state index >= 15 is 0 Å². The monoisotopic (exact) mass is 217 g/mol. The Morgan fingerprint density at radius 3 is 2.81 bits per heavy atom. The van der Waals surface area contributed by atoms with Crippen LogP contribution >= 0.6 is 0 Å². The molecule has 1 heterocycles. The van der Waals surface area contributed by atoms with E-state index in [0.29, 0.717) is 16.4 Å². The molecule has 0 radical (unpaired) electrons. The quantitative estimate of drug-likeness (QED) is 0.434. The number of rotatable bonds is 1. The van der Waals surface area contributed by atoms with Gasteiger partial charge in [0.2, 0.25) is 0 Å². The van der Waals surface area contributed by atoms with Crippen LogP contribution < -0.4 is 10.9 Å². The third-order valence-electron chi connectivity index (χ3n) is 2.35. The van der Waals surface area contributed by atoms with Gasteiger partial charge in [0.25, 0.3) is 0 Å². The molecule has 5 heteroatoms. The molecule has 1 amide bonds. The van der Waals surface area contributed by atoms with Crippen molar-refractivity contribution in [1.82, 2.24) is 4.98 Å². The van der Waals surface area contributed by atoms with E-state index in [1.807, 2.05) is 24.3 Å². The molecule has 0 atom stereocenters. The molecule has 0 saturated carbocycles. The van der Waals surface area contributed by atoms with Crippen molar-refractivity contribution in [2.45, 2.75) is 6.92 Å². The van der Waals surface area contributed by atoms with Crippen LogP contribution in [0.15, 0.2) is 30.3 Å². The van der Waals surface area contributed by atoms with Crippen LogP contribution in [-0.4, -0.2) is 16.2 Å². The number of nitrogens with zero attached hydrogens (tertiary/aromatic N) is 2. The topological polar surface area (TPSA) is 79.5 Å². The lowest BCUT2D eigenvalue weighted by atomic mass is 10.2. The van der Waals surface area contributed by atoms with Gasteiger partial charge in [-0.05, 0) is 19.1 Å². The first-order chi connectivity index (χ1) is 7.59. The maximum atomic E-state index is 10.8. The van der Waals surface area contributed by atoms with E-state index in [2.05, 4.69) is 4.98 Å². The molecule has 1 aromatic carbocycles. The zero-order valence-corrected chi connectivity index (χ0v) is 8.71. The van der Waals surface area contributed by atoms with Crippen LogP contribution in [0, 0.1) is 6.92 Å². The predicted molar refractivity (Wildman–Crippen MR) is 61.2 cm³/mol. The number of hydrazine groups is 1. The summed E-state index contributed by atoms with van der Waals surface area (Å²) in [6.07, 6.45) is -1.21. The van der Waals surface area contributed by atoms with E-state index in [1.165, 1.54) is 0 Å². The number of amides is 1. The molecular weight excluding hydrogens is 206 g/mol. The molecule has 82 valence electrons. The lowest BCUT2D eigenvalue weighted by molar-refractivity contribution is 0.202. The van der Waals surface area contributed by atoms with E-state index in [4.69, 9.17) is 10.9 Å². The molecular formula is C11H11N3O2. The second-order valence-electron chi connectivity index (χ2n) is 3.44. The Kier molecular flexibility index (Phi) is 2.46. The van der Waals surface area contributed by atoms with Gasteiger partial charge in [-0.2, -0.15) is 0 Å². The number of carbonyl (C=O) groups is 1. The number of hydrogen-bond acceptors (Lipinski definition) is 3. The van der Waals surface area contributed by atoms with Crippen molar-refractivity contribution in [2.75, 3.05) is 5.01 Å². The first-order valence-electron chi connectivity index (χ1n) is 4.74. The number of hydrogen-bond donors (Lipinski definition) is 2. The Bertz CT molecular complexity index is 554. The minimum atomic E-state index is -1.21. The molecule has 0 saturated heterocycles. The fraction of sp³-hybridized carbons (Fsp3) is 0.0909. The molecule has 1 aromatic heterocycles. The standard InChI is InChI=1S/C11H11N3O2/c1-7-10(14(12)11(15)16)6-8-4-2-3-5-9(8)13-7/h2-6H,12H2,1H3,(H,15,16). The summed E-state index contributed by atoms with van der Waals surface area (Å²) >= 11 is 0. The summed E-state index contributed by atoms with van der Waals surface area (Å²) in [5, 5.41) is 10.3. The first kappa shape index (κ1) is 10.4. The van der Waals surface area contributed by atoms with E-state index in [1.54, 1.807) is 13.0 Å². The van der Waals surface area contributed by atoms with Gasteiger partial charge in [-0.25, -0.2) is 15.6 Å². The Hall–Kier alpha value is -2.14. The highest BCUT2D eigenvalue weighted by molar-refractivity contribution is 5.90. The number of aryl methyl sites for hydroxylation is 1.